The fraction of sp³-hybridized carbons (Fsp3) is 0.700. The molecule has 0 radical (unpaired) electrons. The van der Waals surface area contributed by atoms with E-state index in [1.807, 2.05) is 0 Å². The molecule has 21 heavy (non-hydrogen) atoms. The van der Waals surface area contributed by atoms with E-state index in [4.69, 9.17) is 0 Å². The lowest BCUT2D eigenvalue weighted by Gasteiger charge is -2.31. The van der Waals surface area contributed by atoms with Crippen LogP contribution < -0.4 is 5.32 Å². The summed E-state index contributed by atoms with van der Waals surface area (Å²) in [5.74, 6) is 0.817. The molecule has 1 aromatic carbocycles. The van der Waals surface area contributed by atoms with Gasteiger partial charge >= 0.3 is 0 Å². The average molecular weight is 287 g/mol. The summed E-state index contributed by atoms with van der Waals surface area (Å²) in [7, 11) is 0. The number of rotatable bonds is 5. The van der Waals surface area contributed by atoms with Crippen LogP contribution in [0.15, 0.2) is 18.2 Å². The van der Waals surface area contributed by atoms with Crippen LogP contribution in [0, 0.1) is 19.8 Å². The Balaban J connectivity index is 2.20. The van der Waals surface area contributed by atoms with Gasteiger partial charge in [-0.05, 0) is 56.7 Å². The van der Waals surface area contributed by atoms with Crippen LogP contribution in [-0.2, 0) is 0 Å². The Bertz CT molecular complexity index is 416. The van der Waals surface area contributed by atoms with Crippen LogP contribution in [0.5, 0.6) is 0 Å². The van der Waals surface area contributed by atoms with Crippen molar-refractivity contribution in [1.29, 1.82) is 0 Å². The van der Waals surface area contributed by atoms with Crippen molar-refractivity contribution in [3.05, 3.63) is 34.9 Å². The van der Waals surface area contributed by atoms with Gasteiger partial charge in [-0.3, -0.25) is 0 Å². The first kappa shape index (κ1) is 16.5. The molecule has 1 aliphatic rings. The number of hydrogen-bond acceptors (Lipinski definition) is 1. The molecule has 0 aromatic heterocycles. The highest BCUT2D eigenvalue weighted by atomic mass is 14.9. The SMILES string of the molecule is CCCNC(c1cc(C)ccc1C)C1CCCCCCC1. The zero-order chi connectivity index (χ0) is 15.1. The van der Waals surface area contributed by atoms with Crippen LogP contribution in [0.25, 0.3) is 0 Å². The molecule has 1 nitrogen and oxygen atoms in total. The first-order chi connectivity index (χ1) is 10.2. The lowest BCUT2D eigenvalue weighted by molar-refractivity contribution is 0.288. The van der Waals surface area contributed by atoms with Gasteiger partial charge in [0.25, 0.3) is 0 Å². The predicted octanol–water partition coefficient (Wildman–Crippen LogP) is 5.70. The molecule has 1 unspecified atom stereocenters. The first-order valence-electron chi connectivity index (χ1n) is 9.03. The fourth-order valence-electron chi connectivity index (χ4n) is 3.75. The van der Waals surface area contributed by atoms with Gasteiger partial charge in [-0.25, -0.2) is 0 Å². The number of aryl methyl sites for hydroxylation is 2. The summed E-state index contributed by atoms with van der Waals surface area (Å²) >= 11 is 0. The monoisotopic (exact) mass is 287 g/mol. The van der Waals surface area contributed by atoms with E-state index in [-0.39, 0.29) is 0 Å². The zero-order valence-electron chi connectivity index (χ0n) is 14.3. The Hall–Kier alpha value is -0.820. The molecule has 0 amide bonds. The summed E-state index contributed by atoms with van der Waals surface area (Å²) in [6, 6.07) is 7.52. The Kier molecular flexibility index (Phi) is 6.76. The highest BCUT2D eigenvalue weighted by Crippen LogP contribution is 2.34. The number of nitrogens with one attached hydrogen (secondary N) is 1. The highest BCUT2D eigenvalue weighted by molar-refractivity contribution is 5.33. The molecule has 118 valence electrons. The Morgan fingerprint density at radius 3 is 2.38 bits per heavy atom. The van der Waals surface area contributed by atoms with Gasteiger partial charge in [-0.15, -0.1) is 0 Å². The van der Waals surface area contributed by atoms with Crippen molar-refractivity contribution < 1.29 is 0 Å². The number of hydrogen-bond donors (Lipinski definition) is 1. The van der Waals surface area contributed by atoms with Crippen molar-refractivity contribution in [3.8, 4) is 0 Å². The fourth-order valence-corrected chi connectivity index (χ4v) is 3.75. The Labute approximate surface area is 131 Å². The van der Waals surface area contributed by atoms with Crippen LogP contribution in [-0.4, -0.2) is 6.54 Å². The van der Waals surface area contributed by atoms with Crippen molar-refractivity contribution in [2.75, 3.05) is 6.54 Å². The molecule has 2 rings (SSSR count). The maximum atomic E-state index is 3.87. The average Bonchev–Trinajstić information content (AvgIpc) is 2.44. The van der Waals surface area contributed by atoms with Crippen molar-refractivity contribution in [2.45, 2.75) is 78.2 Å². The van der Waals surface area contributed by atoms with E-state index in [0.717, 1.165) is 12.5 Å². The second-order valence-electron chi connectivity index (χ2n) is 6.90. The smallest absolute Gasteiger partial charge is 0.0351 e. The third-order valence-electron chi connectivity index (χ3n) is 5.01. The molecule has 1 aliphatic carbocycles. The minimum Gasteiger partial charge on any atom is -0.310 e. The molecule has 0 spiro atoms. The summed E-state index contributed by atoms with van der Waals surface area (Å²) in [4.78, 5) is 0. The van der Waals surface area contributed by atoms with E-state index in [1.54, 1.807) is 5.56 Å². The molecular formula is C20H33N. The van der Waals surface area contributed by atoms with Gasteiger partial charge in [0.15, 0.2) is 0 Å². The third-order valence-corrected chi connectivity index (χ3v) is 5.01. The van der Waals surface area contributed by atoms with Crippen molar-refractivity contribution in [1.82, 2.24) is 5.32 Å². The Morgan fingerprint density at radius 1 is 1.05 bits per heavy atom. The summed E-state index contributed by atoms with van der Waals surface area (Å²) < 4.78 is 0. The second kappa shape index (κ2) is 8.58. The van der Waals surface area contributed by atoms with Gasteiger partial charge in [-0.2, -0.15) is 0 Å². The highest BCUT2D eigenvalue weighted by Gasteiger charge is 2.24. The minimum atomic E-state index is 0.558. The summed E-state index contributed by atoms with van der Waals surface area (Å²) in [6.07, 6.45) is 11.2. The molecule has 0 heterocycles. The van der Waals surface area contributed by atoms with Gasteiger partial charge in [-0.1, -0.05) is 62.8 Å². The Morgan fingerprint density at radius 2 is 1.71 bits per heavy atom. The molecule has 1 heteroatoms. The largest absolute Gasteiger partial charge is 0.310 e. The molecule has 1 aromatic rings. The van der Waals surface area contributed by atoms with E-state index in [2.05, 4.69) is 44.3 Å². The molecular weight excluding hydrogens is 254 g/mol. The van der Waals surface area contributed by atoms with Gasteiger partial charge in [0.2, 0.25) is 0 Å². The molecule has 0 saturated heterocycles. The van der Waals surface area contributed by atoms with Crippen molar-refractivity contribution in [2.24, 2.45) is 5.92 Å². The van der Waals surface area contributed by atoms with Gasteiger partial charge in [0.05, 0.1) is 0 Å². The zero-order valence-corrected chi connectivity index (χ0v) is 14.3. The molecule has 1 fully saturated rings. The van der Waals surface area contributed by atoms with Crippen LogP contribution in [0.2, 0.25) is 0 Å². The van der Waals surface area contributed by atoms with Crippen LogP contribution in [0.3, 0.4) is 0 Å². The molecule has 1 saturated carbocycles. The van der Waals surface area contributed by atoms with Crippen molar-refractivity contribution in [3.63, 3.8) is 0 Å². The quantitative estimate of drug-likeness (QED) is 0.732. The summed E-state index contributed by atoms with van der Waals surface area (Å²) in [5, 5.41) is 3.87. The van der Waals surface area contributed by atoms with E-state index < -0.39 is 0 Å². The third kappa shape index (κ3) is 4.85. The first-order valence-corrected chi connectivity index (χ1v) is 9.03. The van der Waals surface area contributed by atoms with Gasteiger partial charge in [0.1, 0.15) is 0 Å². The van der Waals surface area contributed by atoms with E-state index in [0.29, 0.717) is 6.04 Å². The minimum absolute atomic E-state index is 0.558. The summed E-state index contributed by atoms with van der Waals surface area (Å²) in [6.45, 7) is 7.90. The predicted molar refractivity (Wildman–Crippen MR) is 92.8 cm³/mol. The standard InChI is InChI=1S/C20H33N/c1-4-14-21-20(18-10-8-6-5-7-9-11-18)19-15-16(2)12-13-17(19)3/h12-13,15,18,20-21H,4-11,14H2,1-3H3. The van der Waals surface area contributed by atoms with Gasteiger partial charge < -0.3 is 5.32 Å². The van der Waals surface area contributed by atoms with E-state index in [1.165, 1.54) is 62.5 Å². The normalized spacial score (nSPS) is 19.0. The maximum Gasteiger partial charge on any atom is 0.0351 e. The van der Waals surface area contributed by atoms with Crippen LogP contribution in [0.4, 0.5) is 0 Å². The molecule has 1 N–H and O–H groups in total. The van der Waals surface area contributed by atoms with Gasteiger partial charge in [0, 0.05) is 6.04 Å². The molecule has 0 bridgehead atoms. The summed E-state index contributed by atoms with van der Waals surface area (Å²) in [5.41, 5.74) is 4.40. The lowest BCUT2D eigenvalue weighted by atomic mass is 9.81. The topological polar surface area (TPSA) is 12.0 Å². The van der Waals surface area contributed by atoms with Crippen molar-refractivity contribution >= 4 is 0 Å². The van der Waals surface area contributed by atoms with E-state index in [9.17, 15) is 0 Å². The number of benzene rings is 1. The van der Waals surface area contributed by atoms with E-state index >= 15 is 0 Å². The maximum absolute atomic E-state index is 3.87. The second-order valence-corrected chi connectivity index (χ2v) is 6.90. The van der Waals surface area contributed by atoms with Crippen LogP contribution >= 0.6 is 0 Å². The molecule has 0 aliphatic heterocycles. The van der Waals surface area contributed by atoms with Crippen LogP contribution in [0.1, 0.15) is 81.0 Å². The lowest BCUT2D eigenvalue weighted by Crippen LogP contribution is -2.30. The molecule has 1 atom stereocenters.